The smallest absolute Gasteiger partial charge is 0.256 e. The minimum absolute atomic E-state index is 0.164. The highest BCUT2D eigenvalue weighted by molar-refractivity contribution is 6.29. The second kappa shape index (κ2) is 7.97. The summed E-state index contributed by atoms with van der Waals surface area (Å²) in [6, 6.07) is 26.8. The van der Waals surface area contributed by atoms with Crippen molar-refractivity contribution in [2.45, 2.75) is 0 Å². The van der Waals surface area contributed by atoms with E-state index in [2.05, 4.69) is 5.32 Å². The molecule has 0 fully saturated rings. The largest absolute Gasteiger partial charge is 0.497 e. The normalized spacial score (nSPS) is 11.0. The highest BCUT2D eigenvalue weighted by atomic mass is 16.5. The number of methoxy groups -OCH3 is 1. The topological polar surface area (TPSA) is 38.3 Å². The Morgan fingerprint density at radius 3 is 2.24 bits per heavy atom. The van der Waals surface area contributed by atoms with Gasteiger partial charge in [0.15, 0.2) is 0 Å². The molecule has 1 N–H and O–H groups in total. The summed E-state index contributed by atoms with van der Waals surface area (Å²) in [5.41, 5.74) is 3.14. The Morgan fingerprint density at radius 2 is 1.56 bits per heavy atom. The van der Waals surface area contributed by atoms with Crippen LogP contribution in [0.3, 0.4) is 0 Å². The standard InChI is InChI=1S/C22H19NO2/c1-25-20-14-8-13-19(16-20)23-22(24)21(18-11-6-3-7-12-18)15-17-9-4-2-5-10-17/h2-16H,1H3,(H,23,24). The molecule has 3 aromatic rings. The fourth-order valence-electron chi connectivity index (χ4n) is 2.51. The number of ether oxygens (including phenoxy) is 1. The van der Waals surface area contributed by atoms with Gasteiger partial charge in [0, 0.05) is 17.3 Å². The summed E-state index contributed by atoms with van der Waals surface area (Å²) < 4.78 is 5.21. The Morgan fingerprint density at radius 1 is 0.880 bits per heavy atom. The van der Waals surface area contributed by atoms with Gasteiger partial charge in [-0.05, 0) is 29.3 Å². The Kier molecular flexibility index (Phi) is 5.27. The van der Waals surface area contributed by atoms with Gasteiger partial charge in [-0.1, -0.05) is 66.7 Å². The van der Waals surface area contributed by atoms with Crippen LogP contribution in [0.25, 0.3) is 11.6 Å². The molecule has 0 heterocycles. The van der Waals surface area contributed by atoms with E-state index in [0.29, 0.717) is 17.0 Å². The molecule has 3 aromatic carbocycles. The molecule has 3 heteroatoms. The zero-order chi connectivity index (χ0) is 17.5. The van der Waals surface area contributed by atoms with Gasteiger partial charge < -0.3 is 10.1 Å². The number of hydrogen-bond donors (Lipinski definition) is 1. The van der Waals surface area contributed by atoms with Crippen LogP contribution in [0.15, 0.2) is 84.9 Å². The maximum Gasteiger partial charge on any atom is 0.256 e. The molecule has 0 atom stereocenters. The lowest BCUT2D eigenvalue weighted by Crippen LogP contribution is -2.13. The molecule has 0 saturated heterocycles. The first-order chi connectivity index (χ1) is 12.3. The van der Waals surface area contributed by atoms with E-state index in [1.807, 2.05) is 84.9 Å². The van der Waals surface area contributed by atoms with E-state index in [1.54, 1.807) is 13.2 Å². The molecule has 0 saturated carbocycles. The van der Waals surface area contributed by atoms with Gasteiger partial charge in [-0.2, -0.15) is 0 Å². The lowest BCUT2D eigenvalue weighted by molar-refractivity contribution is -0.111. The molecule has 25 heavy (non-hydrogen) atoms. The number of carbonyl (C=O) groups is 1. The lowest BCUT2D eigenvalue weighted by atomic mass is 10.0. The second-order valence-electron chi connectivity index (χ2n) is 5.52. The number of rotatable bonds is 5. The van der Waals surface area contributed by atoms with Crippen molar-refractivity contribution in [2.75, 3.05) is 12.4 Å². The highest BCUT2D eigenvalue weighted by Gasteiger charge is 2.12. The van der Waals surface area contributed by atoms with Crippen molar-refractivity contribution in [1.82, 2.24) is 0 Å². The van der Waals surface area contributed by atoms with Gasteiger partial charge in [-0.25, -0.2) is 0 Å². The molecular formula is C22H19NO2. The zero-order valence-electron chi connectivity index (χ0n) is 14.0. The van der Waals surface area contributed by atoms with Crippen molar-refractivity contribution in [2.24, 2.45) is 0 Å². The fourth-order valence-corrected chi connectivity index (χ4v) is 2.51. The molecule has 0 aliphatic carbocycles. The molecule has 0 radical (unpaired) electrons. The van der Waals surface area contributed by atoms with Gasteiger partial charge in [0.25, 0.3) is 5.91 Å². The third kappa shape index (κ3) is 4.36. The summed E-state index contributed by atoms with van der Waals surface area (Å²) in [5, 5.41) is 2.95. The van der Waals surface area contributed by atoms with Crippen molar-refractivity contribution < 1.29 is 9.53 Å². The van der Waals surface area contributed by atoms with Crippen molar-refractivity contribution in [3.05, 3.63) is 96.1 Å². The van der Waals surface area contributed by atoms with Gasteiger partial charge in [0.05, 0.1) is 7.11 Å². The third-order valence-corrected chi connectivity index (χ3v) is 3.77. The molecule has 1 amide bonds. The third-order valence-electron chi connectivity index (χ3n) is 3.77. The average Bonchev–Trinajstić information content (AvgIpc) is 2.67. The number of anilines is 1. The number of nitrogens with one attached hydrogen (secondary N) is 1. The maximum absolute atomic E-state index is 12.9. The Hall–Kier alpha value is -3.33. The van der Waals surface area contributed by atoms with Crippen molar-refractivity contribution in [3.8, 4) is 5.75 Å². The summed E-state index contributed by atoms with van der Waals surface area (Å²) >= 11 is 0. The Labute approximate surface area is 147 Å². The van der Waals surface area contributed by atoms with Gasteiger partial charge in [-0.15, -0.1) is 0 Å². The molecule has 124 valence electrons. The predicted molar refractivity (Wildman–Crippen MR) is 102 cm³/mol. The molecule has 3 nitrogen and oxygen atoms in total. The Balaban J connectivity index is 1.94. The first kappa shape index (κ1) is 16.5. The van der Waals surface area contributed by atoms with Crippen LogP contribution in [0.2, 0.25) is 0 Å². The van der Waals surface area contributed by atoms with Crippen LogP contribution in [0, 0.1) is 0 Å². The van der Waals surface area contributed by atoms with Crippen LogP contribution in [0.1, 0.15) is 11.1 Å². The number of amides is 1. The van der Waals surface area contributed by atoms with E-state index in [1.165, 1.54) is 0 Å². The quantitative estimate of drug-likeness (QED) is 0.535. The van der Waals surface area contributed by atoms with E-state index in [-0.39, 0.29) is 5.91 Å². The number of carbonyl (C=O) groups excluding carboxylic acids is 1. The van der Waals surface area contributed by atoms with Gasteiger partial charge in [-0.3, -0.25) is 4.79 Å². The predicted octanol–water partition coefficient (Wildman–Crippen LogP) is 4.87. The van der Waals surface area contributed by atoms with Crippen molar-refractivity contribution >= 4 is 23.2 Å². The molecular weight excluding hydrogens is 310 g/mol. The first-order valence-corrected chi connectivity index (χ1v) is 8.04. The number of benzene rings is 3. The van der Waals surface area contributed by atoms with E-state index in [4.69, 9.17) is 4.74 Å². The van der Waals surface area contributed by atoms with Crippen LogP contribution < -0.4 is 10.1 Å². The summed E-state index contributed by atoms with van der Waals surface area (Å²) in [6.45, 7) is 0. The molecule has 3 rings (SSSR count). The van der Waals surface area contributed by atoms with Crippen LogP contribution >= 0.6 is 0 Å². The molecule has 0 aliphatic heterocycles. The van der Waals surface area contributed by atoms with Crippen LogP contribution in [-0.2, 0) is 4.79 Å². The summed E-state index contributed by atoms with van der Waals surface area (Å²) in [7, 11) is 1.60. The average molecular weight is 329 g/mol. The monoisotopic (exact) mass is 329 g/mol. The van der Waals surface area contributed by atoms with Gasteiger partial charge in [0.2, 0.25) is 0 Å². The van der Waals surface area contributed by atoms with Gasteiger partial charge >= 0.3 is 0 Å². The molecule has 0 aliphatic rings. The molecule has 0 aromatic heterocycles. The lowest BCUT2D eigenvalue weighted by Gasteiger charge is -2.11. The van der Waals surface area contributed by atoms with Crippen molar-refractivity contribution in [3.63, 3.8) is 0 Å². The zero-order valence-corrected chi connectivity index (χ0v) is 14.0. The van der Waals surface area contributed by atoms with E-state index < -0.39 is 0 Å². The number of hydrogen-bond acceptors (Lipinski definition) is 2. The van der Waals surface area contributed by atoms with Gasteiger partial charge in [0.1, 0.15) is 5.75 Å². The van der Waals surface area contributed by atoms with E-state index in [9.17, 15) is 4.79 Å². The minimum Gasteiger partial charge on any atom is -0.497 e. The van der Waals surface area contributed by atoms with E-state index >= 15 is 0 Å². The van der Waals surface area contributed by atoms with E-state index in [0.717, 1.165) is 11.1 Å². The first-order valence-electron chi connectivity index (χ1n) is 8.04. The minimum atomic E-state index is -0.164. The second-order valence-corrected chi connectivity index (χ2v) is 5.52. The molecule has 0 spiro atoms. The summed E-state index contributed by atoms with van der Waals surface area (Å²) in [4.78, 5) is 12.9. The molecule has 0 unspecified atom stereocenters. The van der Waals surface area contributed by atoms with Crippen LogP contribution in [0.5, 0.6) is 5.75 Å². The van der Waals surface area contributed by atoms with Crippen LogP contribution in [0.4, 0.5) is 5.69 Å². The Bertz CT molecular complexity index is 871. The van der Waals surface area contributed by atoms with Crippen LogP contribution in [-0.4, -0.2) is 13.0 Å². The highest BCUT2D eigenvalue weighted by Crippen LogP contribution is 2.22. The fraction of sp³-hybridized carbons (Fsp3) is 0.0455. The van der Waals surface area contributed by atoms with Crippen molar-refractivity contribution in [1.29, 1.82) is 0 Å². The summed E-state index contributed by atoms with van der Waals surface area (Å²) in [5.74, 6) is 0.536. The summed E-state index contributed by atoms with van der Waals surface area (Å²) in [6.07, 6.45) is 1.89. The maximum atomic E-state index is 12.9. The molecule has 0 bridgehead atoms. The SMILES string of the molecule is COc1cccc(NC(=O)C(=Cc2ccccc2)c2ccccc2)c1.